The molecule has 0 atom stereocenters. The first-order valence-electron chi connectivity index (χ1n) is 9.83. The van der Waals surface area contributed by atoms with E-state index in [1.54, 1.807) is 24.3 Å². The molecule has 10 nitrogen and oxygen atoms in total. The number of sulfonamides is 1. The molecule has 1 aromatic carbocycles. The van der Waals surface area contributed by atoms with Crippen LogP contribution in [0.2, 0.25) is 0 Å². The van der Waals surface area contributed by atoms with E-state index in [9.17, 15) is 26.4 Å². The van der Waals surface area contributed by atoms with Crippen LogP contribution in [-0.2, 0) is 21.0 Å². The molecule has 0 bridgehead atoms. The van der Waals surface area contributed by atoms with Gasteiger partial charge in [-0.3, -0.25) is 13.9 Å². The minimum atomic E-state index is -4.52. The van der Waals surface area contributed by atoms with Gasteiger partial charge in [-0.15, -0.1) is 0 Å². The van der Waals surface area contributed by atoms with Crippen LogP contribution >= 0.6 is 0 Å². The first-order valence-corrected chi connectivity index (χ1v) is 11.7. The second-order valence-corrected chi connectivity index (χ2v) is 9.19. The molecule has 14 heteroatoms. The maximum Gasteiger partial charge on any atom is 0.417 e. The van der Waals surface area contributed by atoms with E-state index in [4.69, 9.17) is 0 Å². The summed E-state index contributed by atoms with van der Waals surface area (Å²) in [4.78, 5) is 25.0. The number of nitrogens with zero attached hydrogens (tertiary/aromatic N) is 3. The zero-order valence-electron chi connectivity index (χ0n) is 18.7. The van der Waals surface area contributed by atoms with Crippen molar-refractivity contribution in [3.8, 4) is 0 Å². The number of anilines is 5. The van der Waals surface area contributed by atoms with Crippen LogP contribution in [0.4, 0.5) is 41.9 Å². The number of hydrogen-bond donors (Lipinski definition) is 3. The molecule has 3 rings (SSSR count). The van der Waals surface area contributed by atoms with Crippen molar-refractivity contribution < 1.29 is 31.2 Å². The lowest BCUT2D eigenvalue weighted by Crippen LogP contribution is -2.26. The molecular formula is C21H21F3N6O4S. The Morgan fingerprint density at radius 3 is 2.29 bits per heavy atom. The Balaban J connectivity index is 1.99. The summed E-state index contributed by atoms with van der Waals surface area (Å²) in [6.45, 7) is 0. The van der Waals surface area contributed by atoms with Crippen LogP contribution in [0.3, 0.4) is 0 Å². The van der Waals surface area contributed by atoms with Crippen LogP contribution in [-0.4, -0.2) is 44.7 Å². The van der Waals surface area contributed by atoms with E-state index in [1.807, 2.05) is 0 Å². The van der Waals surface area contributed by atoms with Crippen LogP contribution in [0.15, 0.2) is 54.9 Å². The molecule has 3 N–H and O–H groups in total. The molecule has 0 radical (unpaired) electrons. The number of pyridine rings is 2. The highest BCUT2D eigenvalue weighted by Gasteiger charge is 2.30. The first-order chi connectivity index (χ1) is 16.4. The predicted molar refractivity (Wildman–Crippen MR) is 124 cm³/mol. The number of carbonyl (C=O) groups is 1. The third kappa shape index (κ3) is 6.36. The van der Waals surface area contributed by atoms with Gasteiger partial charge >= 0.3 is 6.18 Å². The second-order valence-electron chi connectivity index (χ2n) is 7.18. The van der Waals surface area contributed by atoms with E-state index in [0.717, 1.165) is 22.7 Å². The molecule has 1 amide bonds. The highest BCUT2D eigenvalue weighted by Crippen LogP contribution is 2.32. The van der Waals surface area contributed by atoms with E-state index in [0.29, 0.717) is 17.6 Å². The number of hydroxylamine groups is 1. The van der Waals surface area contributed by atoms with E-state index in [1.165, 1.54) is 26.4 Å². The van der Waals surface area contributed by atoms with Crippen LogP contribution in [0.25, 0.3) is 0 Å². The Hall–Kier alpha value is -3.91. The van der Waals surface area contributed by atoms with Gasteiger partial charge in [0.2, 0.25) is 10.0 Å². The van der Waals surface area contributed by atoms with Crippen LogP contribution in [0.1, 0.15) is 15.9 Å². The molecule has 2 heterocycles. The fourth-order valence-corrected chi connectivity index (χ4v) is 3.42. The van der Waals surface area contributed by atoms with Gasteiger partial charge in [0.05, 0.1) is 41.6 Å². The lowest BCUT2D eigenvalue weighted by Gasteiger charge is -2.22. The third-order valence-corrected chi connectivity index (χ3v) is 5.89. The Labute approximate surface area is 199 Å². The largest absolute Gasteiger partial charge is 0.417 e. The summed E-state index contributed by atoms with van der Waals surface area (Å²) in [5, 5.41) is 5.79. The Kier molecular flexibility index (Phi) is 7.45. The summed E-state index contributed by atoms with van der Waals surface area (Å²) >= 11 is 0. The van der Waals surface area contributed by atoms with E-state index in [2.05, 4.69) is 30.9 Å². The molecule has 35 heavy (non-hydrogen) atoms. The van der Waals surface area contributed by atoms with Crippen LogP contribution < -0.4 is 20.4 Å². The quantitative estimate of drug-likeness (QED) is 0.392. The number of para-hydroxylation sites is 2. The summed E-state index contributed by atoms with van der Waals surface area (Å²) in [5.41, 5.74) is 2.19. The standard InChI is InChI=1S/C21H21F3N6O4S/c1-30(35(3,32)33)17-7-5-4-6-15(17)27-16-10-19(26-12-14(16)20(31)29-34-2)28-18-9-8-13(11-25-18)21(22,23)24/h4-12H,1-3H3,(H,29,31)(H2,25,26,27,28). The van der Waals surface area contributed by atoms with Gasteiger partial charge in [-0.05, 0) is 24.3 Å². The van der Waals surface area contributed by atoms with E-state index < -0.39 is 27.7 Å². The molecule has 2 aromatic heterocycles. The van der Waals surface area contributed by atoms with Gasteiger partial charge in [0.25, 0.3) is 5.91 Å². The van der Waals surface area contributed by atoms with Gasteiger partial charge in [-0.2, -0.15) is 13.2 Å². The normalized spacial score (nSPS) is 11.6. The van der Waals surface area contributed by atoms with Gasteiger partial charge in [-0.1, -0.05) is 12.1 Å². The first kappa shape index (κ1) is 25.7. The molecule has 3 aromatic rings. The van der Waals surface area contributed by atoms with Gasteiger partial charge in [0.15, 0.2) is 0 Å². The van der Waals surface area contributed by atoms with Crippen molar-refractivity contribution >= 4 is 44.6 Å². The van der Waals surface area contributed by atoms with E-state index in [-0.39, 0.29) is 22.9 Å². The molecule has 0 aliphatic carbocycles. The Morgan fingerprint density at radius 2 is 1.69 bits per heavy atom. The Morgan fingerprint density at radius 1 is 1.00 bits per heavy atom. The van der Waals surface area contributed by atoms with Crippen molar-refractivity contribution in [2.45, 2.75) is 6.18 Å². The SMILES string of the molecule is CONC(=O)c1cnc(Nc2ccc(C(F)(F)F)cn2)cc1Nc1ccccc1N(C)S(C)(=O)=O. The molecule has 0 saturated heterocycles. The minimum Gasteiger partial charge on any atom is -0.353 e. The number of alkyl halides is 3. The highest BCUT2D eigenvalue weighted by atomic mass is 32.2. The lowest BCUT2D eigenvalue weighted by molar-refractivity contribution is -0.137. The fraction of sp³-hybridized carbons (Fsp3) is 0.190. The summed E-state index contributed by atoms with van der Waals surface area (Å²) in [6.07, 6.45) is -1.58. The average Bonchev–Trinajstić information content (AvgIpc) is 2.78. The molecular weight excluding hydrogens is 489 g/mol. The number of benzene rings is 1. The van der Waals surface area contributed by atoms with E-state index >= 15 is 0 Å². The number of halogens is 3. The third-order valence-electron chi connectivity index (χ3n) is 4.70. The summed E-state index contributed by atoms with van der Waals surface area (Å²) in [6, 6.07) is 9.93. The summed E-state index contributed by atoms with van der Waals surface area (Å²) in [7, 11) is -0.958. The fourth-order valence-electron chi connectivity index (χ4n) is 2.90. The zero-order chi connectivity index (χ0) is 25.8. The number of rotatable bonds is 8. The van der Waals surface area contributed by atoms with Crippen LogP contribution in [0.5, 0.6) is 0 Å². The van der Waals surface area contributed by atoms with Crippen molar-refractivity contribution in [3.63, 3.8) is 0 Å². The smallest absolute Gasteiger partial charge is 0.353 e. The van der Waals surface area contributed by atoms with Crippen molar-refractivity contribution in [1.29, 1.82) is 0 Å². The summed E-state index contributed by atoms with van der Waals surface area (Å²) < 4.78 is 63.5. The highest BCUT2D eigenvalue weighted by molar-refractivity contribution is 7.92. The lowest BCUT2D eigenvalue weighted by atomic mass is 10.2. The number of aromatic nitrogens is 2. The predicted octanol–water partition coefficient (Wildman–Crippen LogP) is 3.67. The number of nitrogens with one attached hydrogen (secondary N) is 3. The van der Waals surface area contributed by atoms with Gasteiger partial charge in [0, 0.05) is 25.5 Å². The average molecular weight is 510 g/mol. The maximum atomic E-state index is 12.8. The number of amides is 1. The van der Waals surface area contributed by atoms with Gasteiger partial charge in [-0.25, -0.2) is 23.9 Å². The number of hydrogen-bond acceptors (Lipinski definition) is 8. The zero-order valence-corrected chi connectivity index (χ0v) is 19.5. The van der Waals surface area contributed by atoms with Gasteiger partial charge < -0.3 is 10.6 Å². The Bertz CT molecular complexity index is 1320. The summed E-state index contributed by atoms with van der Waals surface area (Å²) in [5.74, 6) is -0.402. The van der Waals surface area contributed by atoms with Crippen molar-refractivity contribution in [2.75, 3.05) is 35.4 Å². The monoisotopic (exact) mass is 510 g/mol. The number of carbonyl (C=O) groups excluding carboxylic acids is 1. The van der Waals surface area contributed by atoms with Crippen molar-refractivity contribution in [1.82, 2.24) is 15.4 Å². The second kappa shape index (κ2) is 10.1. The van der Waals surface area contributed by atoms with Crippen molar-refractivity contribution in [2.24, 2.45) is 0 Å². The molecule has 0 saturated carbocycles. The maximum absolute atomic E-state index is 12.8. The molecule has 186 valence electrons. The molecule has 0 aliphatic rings. The molecule has 0 spiro atoms. The molecule has 0 unspecified atom stereocenters. The van der Waals surface area contributed by atoms with Crippen LogP contribution in [0, 0.1) is 0 Å². The minimum absolute atomic E-state index is 0.0505. The van der Waals surface area contributed by atoms with Gasteiger partial charge in [0.1, 0.15) is 11.6 Å². The van der Waals surface area contributed by atoms with Crippen molar-refractivity contribution in [3.05, 3.63) is 66.0 Å². The molecule has 0 fully saturated rings. The topological polar surface area (TPSA) is 126 Å². The molecule has 0 aliphatic heterocycles.